The van der Waals surface area contributed by atoms with Crippen LogP contribution in [0.4, 0.5) is 34.1 Å². The van der Waals surface area contributed by atoms with Crippen molar-refractivity contribution in [3.05, 3.63) is 205 Å². The molecular formula is C62H50N4. The average molecular weight is 872 g/mol. The minimum Gasteiger partial charge on any atom is -0.310 e. The van der Waals surface area contributed by atoms with Crippen molar-refractivity contribution in [3.63, 3.8) is 0 Å². The molecule has 0 saturated carbocycles. The predicted molar refractivity (Wildman–Crippen MR) is 283 cm³/mol. The molecular weight excluding hydrogens is 801 g/mol. The summed E-state index contributed by atoms with van der Waals surface area (Å²) >= 11 is 0. The summed E-state index contributed by atoms with van der Waals surface area (Å²) in [7, 11) is 0. The molecule has 0 spiro atoms. The van der Waals surface area contributed by atoms with Crippen molar-refractivity contribution >= 4 is 110 Å². The van der Waals surface area contributed by atoms with E-state index in [-0.39, 0.29) is 128 Å². The fourth-order valence-electron chi connectivity index (χ4n) is 9.78. The first kappa shape index (κ1) is 22.9. The molecule has 0 radical (unpaired) electrons. The number of aromatic nitrogens is 2. The van der Waals surface area contributed by atoms with Gasteiger partial charge < -0.3 is 18.6 Å². The molecule has 0 amide bonds. The highest BCUT2D eigenvalue weighted by atomic mass is 15.2. The zero-order valence-corrected chi connectivity index (χ0v) is 36.6. The Labute approximate surface area is 414 Å². The standard InChI is InChI=1S/C62H50N4/c1-61(2,3)49-31-19-29-45-55-51(63(39-21-11-7-12-22-39)40-23-13-8-14-24-40)35-33-43-47-38-54-48(37-53(47)65(57(45)49)59(43)55)44-34-36-52(64(41-25-15-9-16-26-41)42-27-17-10-18-28-42)56-46-30-20-32-50(62(4,5)6)58(46)66(54)60(44)56/h7-38H,1-6H3/i7D,9D,11D,12D,15D,16D,19D,20D,21D,22D,25D,29D,30D,31D,32D,33D,34D,35D,36D,37D,38D. The van der Waals surface area contributed by atoms with Crippen molar-refractivity contribution in [1.82, 2.24) is 8.80 Å². The van der Waals surface area contributed by atoms with Crippen LogP contribution >= 0.6 is 0 Å². The number of benzene rings is 9. The Morgan fingerprint density at radius 3 is 1.27 bits per heavy atom. The second-order valence-corrected chi connectivity index (χ2v) is 18.6. The highest BCUT2D eigenvalue weighted by molar-refractivity contribution is 6.32. The number of para-hydroxylation sites is 6. The van der Waals surface area contributed by atoms with Crippen LogP contribution < -0.4 is 9.80 Å². The van der Waals surface area contributed by atoms with E-state index in [9.17, 15) is 20.6 Å². The quantitative estimate of drug-likeness (QED) is 0.165. The number of rotatable bonds is 6. The lowest BCUT2D eigenvalue weighted by Crippen LogP contribution is -2.12. The van der Waals surface area contributed by atoms with Crippen LogP contribution in [-0.4, -0.2) is 8.80 Å². The smallest absolute Gasteiger partial charge is 0.0653 e. The number of hydrogen-bond donors (Lipinski definition) is 0. The maximum atomic E-state index is 10.8. The van der Waals surface area contributed by atoms with Gasteiger partial charge in [-0.2, -0.15) is 0 Å². The van der Waals surface area contributed by atoms with E-state index in [2.05, 4.69) is 0 Å². The molecule has 0 atom stereocenters. The number of hydrogen-bond acceptors (Lipinski definition) is 2. The van der Waals surface area contributed by atoms with E-state index in [1.807, 2.05) is 0 Å². The first-order valence-electron chi connectivity index (χ1n) is 32.1. The van der Waals surface area contributed by atoms with Crippen molar-refractivity contribution in [3.8, 4) is 0 Å². The van der Waals surface area contributed by atoms with Crippen LogP contribution in [0, 0.1) is 0 Å². The molecule has 0 bridgehead atoms. The third kappa shape index (κ3) is 5.39. The van der Waals surface area contributed by atoms with Gasteiger partial charge in [-0.1, -0.05) is 163 Å². The lowest BCUT2D eigenvalue weighted by atomic mass is 9.85. The molecule has 318 valence electrons. The molecule has 13 rings (SSSR count). The third-order valence-corrected chi connectivity index (χ3v) is 12.5. The van der Waals surface area contributed by atoms with Gasteiger partial charge in [-0.05, 0) is 94.6 Å². The molecule has 0 unspecified atom stereocenters. The van der Waals surface area contributed by atoms with Crippen molar-refractivity contribution < 1.29 is 28.8 Å². The minimum absolute atomic E-state index is 0.00114. The first-order chi connectivity index (χ1) is 40.8. The number of anilines is 6. The Balaban J connectivity index is 1.35. The fraction of sp³-hybridized carbons (Fsp3) is 0.129. The Hall–Kier alpha value is -7.82. The number of nitrogens with zero attached hydrogens (tertiary/aromatic N) is 4. The van der Waals surface area contributed by atoms with Gasteiger partial charge in [-0.25, -0.2) is 0 Å². The van der Waals surface area contributed by atoms with Crippen molar-refractivity contribution in [2.24, 2.45) is 0 Å². The van der Waals surface area contributed by atoms with Crippen molar-refractivity contribution in [1.29, 1.82) is 0 Å². The van der Waals surface area contributed by atoms with Crippen LogP contribution in [0.5, 0.6) is 0 Å². The summed E-state index contributed by atoms with van der Waals surface area (Å²) in [6.07, 6.45) is 0. The summed E-state index contributed by atoms with van der Waals surface area (Å²) in [5.74, 6) is 0. The largest absolute Gasteiger partial charge is 0.310 e. The summed E-state index contributed by atoms with van der Waals surface area (Å²) in [6.45, 7) is 10.8. The molecule has 4 heterocycles. The van der Waals surface area contributed by atoms with E-state index in [0.717, 1.165) is 0 Å². The van der Waals surface area contributed by atoms with Gasteiger partial charge in [-0.15, -0.1) is 0 Å². The Bertz CT molecular complexity index is 5230. The second-order valence-electron chi connectivity index (χ2n) is 18.6. The second kappa shape index (κ2) is 13.8. The molecule has 9 aromatic carbocycles. The Morgan fingerprint density at radius 1 is 0.364 bits per heavy atom. The lowest BCUT2D eigenvalue weighted by molar-refractivity contribution is 0.594. The lowest BCUT2D eigenvalue weighted by Gasteiger charge is -2.26. The van der Waals surface area contributed by atoms with Crippen LogP contribution in [0.25, 0.3) is 76.2 Å². The van der Waals surface area contributed by atoms with Gasteiger partial charge in [-0.3, -0.25) is 0 Å². The average Bonchev–Trinajstić information content (AvgIpc) is 1.50. The van der Waals surface area contributed by atoms with Crippen LogP contribution in [0.3, 0.4) is 0 Å². The first-order valence-corrected chi connectivity index (χ1v) is 21.6. The molecule has 0 aliphatic carbocycles. The zero-order valence-electron chi connectivity index (χ0n) is 57.6. The Kier molecular flexibility index (Phi) is 4.80. The molecule has 0 saturated heterocycles. The summed E-state index contributed by atoms with van der Waals surface area (Å²) in [6, 6.07) is 6.33. The third-order valence-electron chi connectivity index (χ3n) is 12.5. The number of fused-ring (bicyclic) bond motifs is 12. The van der Waals surface area contributed by atoms with Crippen LogP contribution in [0.15, 0.2) is 194 Å². The summed E-state index contributed by atoms with van der Waals surface area (Å²) < 4.78 is 204. The monoisotopic (exact) mass is 872 g/mol. The van der Waals surface area contributed by atoms with Gasteiger partial charge in [0, 0.05) is 65.8 Å². The molecule has 13 aromatic rings. The maximum absolute atomic E-state index is 10.8. The molecule has 0 aliphatic heterocycles. The van der Waals surface area contributed by atoms with Gasteiger partial charge >= 0.3 is 0 Å². The summed E-state index contributed by atoms with van der Waals surface area (Å²) in [5, 5.41) is -0.472. The Morgan fingerprint density at radius 2 is 0.803 bits per heavy atom. The van der Waals surface area contributed by atoms with E-state index in [1.54, 1.807) is 107 Å². The fourth-order valence-corrected chi connectivity index (χ4v) is 9.78. The maximum Gasteiger partial charge on any atom is 0.0653 e. The van der Waals surface area contributed by atoms with Crippen molar-refractivity contribution in [2.45, 2.75) is 52.4 Å². The van der Waals surface area contributed by atoms with Gasteiger partial charge in [0.1, 0.15) is 0 Å². The normalized spacial score (nSPS) is 17.2. The predicted octanol–water partition coefficient (Wildman–Crippen LogP) is 17.5. The van der Waals surface area contributed by atoms with Crippen LogP contribution in [-0.2, 0) is 10.8 Å². The molecule has 0 N–H and O–H groups in total. The van der Waals surface area contributed by atoms with Crippen LogP contribution in [0.2, 0.25) is 0 Å². The minimum atomic E-state index is -1.06. The van der Waals surface area contributed by atoms with Gasteiger partial charge in [0.25, 0.3) is 0 Å². The SMILES string of the molecule is [2H]c1cc(N(c2ccccc2)c2c([2H])c([2H])c3c4c([2H])c5c(c([2H])c4n4c6c(C(C)(C)C)c([2H])c([2H])c([2H])c6c2c34)c2c([2H])c([2H])c(N(c3ccccc3)c3c([2H])c([2H])c([2H])c([2H])c3[2H])c3c4c([2H])c([2H])c([2H])c(C(C)(C)C)c4n5c23)c([2H])c([2H])c1[2H]. The molecule has 66 heavy (non-hydrogen) atoms. The van der Waals surface area contributed by atoms with E-state index in [0.29, 0.717) is 0 Å². The van der Waals surface area contributed by atoms with E-state index in [4.69, 9.17) is 8.22 Å². The molecule has 4 aromatic heterocycles. The molecule has 0 fully saturated rings. The van der Waals surface area contributed by atoms with Crippen molar-refractivity contribution in [2.75, 3.05) is 9.80 Å². The topological polar surface area (TPSA) is 15.3 Å². The highest BCUT2D eigenvalue weighted by Gasteiger charge is 2.31. The molecule has 4 nitrogen and oxygen atoms in total. The van der Waals surface area contributed by atoms with Gasteiger partial charge in [0.2, 0.25) is 0 Å². The molecule has 4 heteroatoms. The van der Waals surface area contributed by atoms with Gasteiger partial charge in [0.05, 0.1) is 73.3 Å². The molecule has 0 aliphatic rings. The zero-order chi connectivity index (χ0) is 62.9. The highest BCUT2D eigenvalue weighted by Crippen LogP contribution is 2.52. The van der Waals surface area contributed by atoms with E-state index in [1.165, 1.54) is 20.3 Å². The summed E-state index contributed by atoms with van der Waals surface area (Å²) in [4.78, 5) is 2.66. The van der Waals surface area contributed by atoms with Gasteiger partial charge in [0.15, 0.2) is 0 Å². The van der Waals surface area contributed by atoms with Crippen LogP contribution in [0.1, 0.15) is 81.5 Å². The van der Waals surface area contributed by atoms with E-state index < -0.39 is 131 Å². The summed E-state index contributed by atoms with van der Waals surface area (Å²) in [5.41, 5.74) is -2.16. The van der Waals surface area contributed by atoms with E-state index >= 15 is 0 Å².